The lowest BCUT2D eigenvalue weighted by molar-refractivity contribution is 0.341. The van der Waals surface area contributed by atoms with Gasteiger partial charge in [-0.3, -0.25) is 0 Å². The highest BCUT2D eigenvalue weighted by Crippen LogP contribution is 2.30. The van der Waals surface area contributed by atoms with E-state index < -0.39 is 0 Å². The molecule has 3 aromatic rings. The highest BCUT2D eigenvalue weighted by molar-refractivity contribution is 5.70. The van der Waals surface area contributed by atoms with Crippen molar-refractivity contribution >= 4 is 5.65 Å². The Morgan fingerprint density at radius 3 is 2.75 bits per heavy atom. The Morgan fingerprint density at radius 2 is 2.00 bits per heavy atom. The van der Waals surface area contributed by atoms with Gasteiger partial charge in [0.25, 0.3) is 0 Å². The van der Waals surface area contributed by atoms with Crippen LogP contribution in [0.15, 0.2) is 42.6 Å². The summed E-state index contributed by atoms with van der Waals surface area (Å²) in [6.07, 6.45) is 2.07. The highest BCUT2D eigenvalue weighted by atomic mass is 16.5. The lowest BCUT2D eigenvalue weighted by Gasteiger charge is -2.09. The van der Waals surface area contributed by atoms with Gasteiger partial charge in [-0.15, -0.1) is 0 Å². The zero-order chi connectivity index (χ0) is 14.1. The lowest BCUT2D eigenvalue weighted by atomic mass is 10.1. The van der Waals surface area contributed by atoms with Gasteiger partial charge in [0.2, 0.25) is 0 Å². The zero-order valence-corrected chi connectivity index (χ0v) is 12.1. The van der Waals surface area contributed by atoms with Crippen molar-refractivity contribution in [3.63, 3.8) is 0 Å². The summed E-state index contributed by atoms with van der Waals surface area (Å²) >= 11 is 0. The number of aromatic nitrogens is 2. The van der Waals surface area contributed by atoms with Gasteiger partial charge in [0.05, 0.1) is 12.3 Å². The quantitative estimate of drug-likeness (QED) is 0.716. The number of ether oxygens (including phenoxy) is 1. The van der Waals surface area contributed by atoms with Crippen molar-refractivity contribution in [2.45, 2.75) is 20.8 Å². The number of rotatable bonds is 3. The predicted octanol–water partition coefficient (Wildman–Crippen LogP) is 4.02. The normalized spacial score (nSPS) is 10.9. The average Bonchev–Trinajstić information content (AvgIpc) is 2.86. The first-order valence-electron chi connectivity index (χ1n) is 6.87. The molecule has 0 amide bonds. The van der Waals surface area contributed by atoms with Crippen molar-refractivity contribution in [3.05, 3.63) is 53.9 Å². The van der Waals surface area contributed by atoms with E-state index in [0.29, 0.717) is 6.61 Å². The molecule has 3 nitrogen and oxygen atoms in total. The van der Waals surface area contributed by atoms with E-state index >= 15 is 0 Å². The minimum atomic E-state index is 0.655. The van der Waals surface area contributed by atoms with Gasteiger partial charge in [0, 0.05) is 17.5 Å². The molecule has 0 spiro atoms. The van der Waals surface area contributed by atoms with Gasteiger partial charge in [-0.1, -0.05) is 17.7 Å². The maximum atomic E-state index is 5.72. The van der Waals surface area contributed by atoms with Gasteiger partial charge >= 0.3 is 0 Å². The number of fused-ring (bicyclic) bond motifs is 1. The molecule has 0 unspecified atom stereocenters. The molecule has 0 saturated carbocycles. The van der Waals surface area contributed by atoms with Crippen molar-refractivity contribution in [1.82, 2.24) is 9.38 Å². The molecule has 3 rings (SSSR count). The Hall–Kier alpha value is -2.29. The first-order chi connectivity index (χ1) is 9.69. The summed E-state index contributed by atoms with van der Waals surface area (Å²) in [5, 5.41) is 0. The molecule has 0 aliphatic rings. The smallest absolute Gasteiger partial charge is 0.137 e. The number of aryl methyl sites for hydroxylation is 2. The Kier molecular flexibility index (Phi) is 3.18. The molecular formula is C17H18N2O. The van der Waals surface area contributed by atoms with Gasteiger partial charge in [-0.25, -0.2) is 4.98 Å². The van der Waals surface area contributed by atoms with E-state index in [1.807, 2.05) is 25.1 Å². The molecular weight excluding hydrogens is 248 g/mol. The van der Waals surface area contributed by atoms with Gasteiger partial charge in [0.15, 0.2) is 0 Å². The molecule has 20 heavy (non-hydrogen) atoms. The summed E-state index contributed by atoms with van der Waals surface area (Å²) in [6.45, 7) is 6.82. The fourth-order valence-electron chi connectivity index (χ4n) is 2.40. The van der Waals surface area contributed by atoms with Crippen molar-refractivity contribution in [1.29, 1.82) is 0 Å². The maximum absolute atomic E-state index is 5.72. The topological polar surface area (TPSA) is 26.5 Å². The average molecular weight is 266 g/mol. The van der Waals surface area contributed by atoms with Gasteiger partial charge in [-0.05, 0) is 45.0 Å². The van der Waals surface area contributed by atoms with E-state index in [9.17, 15) is 0 Å². The second-order valence-electron chi connectivity index (χ2n) is 4.95. The summed E-state index contributed by atoms with van der Waals surface area (Å²) < 4.78 is 7.83. The summed E-state index contributed by atoms with van der Waals surface area (Å²) in [4.78, 5) is 4.71. The predicted molar refractivity (Wildman–Crippen MR) is 81.3 cm³/mol. The number of hydrogen-bond acceptors (Lipinski definition) is 2. The van der Waals surface area contributed by atoms with Crippen molar-refractivity contribution in [2.24, 2.45) is 0 Å². The summed E-state index contributed by atoms with van der Waals surface area (Å²) in [6, 6.07) is 12.3. The number of hydrogen-bond donors (Lipinski definition) is 0. The molecule has 0 aliphatic carbocycles. The molecule has 102 valence electrons. The van der Waals surface area contributed by atoms with Crippen LogP contribution in [0.3, 0.4) is 0 Å². The molecule has 0 bridgehead atoms. The molecule has 1 aromatic carbocycles. The number of pyridine rings is 1. The lowest BCUT2D eigenvalue weighted by Crippen LogP contribution is -1.94. The first kappa shape index (κ1) is 12.7. The summed E-state index contributed by atoms with van der Waals surface area (Å²) in [5.74, 6) is 0.888. The molecule has 2 heterocycles. The molecule has 0 saturated heterocycles. The van der Waals surface area contributed by atoms with Crippen LogP contribution < -0.4 is 4.74 Å². The summed E-state index contributed by atoms with van der Waals surface area (Å²) in [5.41, 5.74) is 5.34. The molecule has 0 fully saturated rings. The Balaban J connectivity index is 2.19. The van der Waals surface area contributed by atoms with Crippen LogP contribution in [-0.4, -0.2) is 16.0 Å². The van der Waals surface area contributed by atoms with E-state index in [2.05, 4.69) is 42.6 Å². The minimum absolute atomic E-state index is 0.655. The van der Waals surface area contributed by atoms with Crippen LogP contribution in [0.4, 0.5) is 0 Å². The van der Waals surface area contributed by atoms with Crippen LogP contribution in [0, 0.1) is 13.8 Å². The molecule has 0 atom stereocenters. The number of imidazole rings is 1. The molecule has 2 aromatic heterocycles. The minimum Gasteiger partial charge on any atom is -0.493 e. The van der Waals surface area contributed by atoms with Crippen LogP contribution in [0.5, 0.6) is 5.75 Å². The third-order valence-corrected chi connectivity index (χ3v) is 3.41. The second kappa shape index (κ2) is 5.00. The van der Waals surface area contributed by atoms with Crippen LogP contribution in [-0.2, 0) is 0 Å². The Bertz CT molecular complexity index is 759. The molecule has 0 aliphatic heterocycles. The SMILES string of the molecule is CCOc1ccc(C)cc1-c1cn2c(C)cccc2n1. The first-order valence-corrected chi connectivity index (χ1v) is 6.87. The molecule has 0 radical (unpaired) electrons. The number of nitrogens with zero attached hydrogens (tertiary/aromatic N) is 2. The zero-order valence-electron chi connectivity index (χ0n) is 12.1. The molecule has 3 heteroatoms. The Morgan fingerprint density at radius 1 is 1.15 bits per heavy atom. The fourth-order valence-corrected chi connectivity index (χ4v) is 2.40. The summed E-state index contributed by atoms with van der Waals surface area (Å²) in [7, 11) is 0. The van der Waals surface area contributed by atoms with Gasteiger partial charge in [0.1, 0.15) is 11.4 Å². The third-order valence-electron chi connectivity index (χ3n) is 3.41. The Labute approximate surface area is 118 Å². The van der Waals surface area contributed by atoms with Gasteiger partial charge < -0.3 is 9.14 Å². The van der Waals surface area contributed by atoms with Crippen molar-refractivity contribution < 1.29 is 4.74 Å². The fraction of sp³-hybridized carbons (Fsp3) is 0.235. The maximum Gasteiger partial charge on any atom is 0.137 e. The van der Waals surface area contributed by atoms with E-state index in [1.165, 1.54) is 11.3 Å². The second-order valence-corrected chi connectivity index (χ2v) is 4.95. The largest absolute Gasteiger partial charge is 0.493 e. The number of benzene rings is 1. The van der Waals surface area contributed by atoms with E-state index in [-0.39, 0.29) is 0 Å². The van der Waals surface area contributed by atoms with Gasteiger partial charge in [-0.2, -0.15) is 0 Å². The standard InChI is InChI=1S/C17H18N2O/c1-4-20-16-9-8-12(2)10-14(16)15-11-19-13(3)6-5-7-17(19)18-15/h5-11H,4H2,1-3H3. The molecule has 0 N–H and O–H groups in total. The van der Waals surface area contributed by atoms with Crippen molar-refractivity contribution in [3.8, 4) is 17.0 Å². The van der Waals surface area contributed by atoms with Crippen LogP contribution in [0.2, 0.25) is 0 Å². The third kappa shape index (κ3) is 2.16. The van der Waals surface area contributed by atoms with Crippen LogP contribution in [0.25, 0.3) is 16.9 Å². The van der Waals surface area contributed by atoms with Crippen LogP contribution in [0.1, 0.15) is 18.2 Å². The van der Waals surface area contributed by atoms with Crippen molar-refractivity contribution in [2.75, 3.05) is 6.61 Å². The highest BCUT2D eigenvalue weighted by Gasteiger charge is 2.11. The van der Waals surface area contributed by atoms with E-state index in [1.54, 1.807) is 0 Å². The van der Waals surface area contributed by atoms with E-state index in [0.717, 1.165) is 22.7 Å². The monoisotopic (exact) mass is 266 g/mol. The van der Waals surface area contributed by atoms with Crippen LogP contribution >= 0.6 is 0 Å². The van der Waals surface area contributed by atoms with E-state index in [4.69, 9.17) is 9.72 Å².